The van der Waals surface area contributed by atoms with Gasteiger partial charge in [-0.05, 0) is 22.8 Å². The number of nitrogens with zero attached hydrogens (tertiary/aromatic N) is 2. The van der Waals surface area contributed by atoms with Gasteiger partial charge in [-0.1, -0.05) is 60.1 Å². The molecular formula is C29H31ClN4O6. The first kappa shape index (κ1) is 28.0. The van der Waals surface area contributed by atoms with Crippen LogP contribution in [0.5, 0.6) is 6.01 Å². The number of aromatic nitrogens is 3. The number of imidazole rings is 1. The van der Waals surface area contributed by atoms with Crippen LogP contribution < -0.4 is 10.1 Å². The molecule has 2 atom stereocenters. The zero-order valence-corrected chi connectivity index (χ0v) is 22.6. The molecule has 10 nitrogen and oxygen atoms in total. The summed E-state index contributed by atoms with van der Waals surface area (Å²) in [4.78, 5) is 23.4. The van der Waals surface area contributed by atoms with Gasteiger partial charge in [0.25, 0.3) is 6.01 Å². The minimum absolute atomic E-state index is 0.0395. The number of carboxylic acid groups (broad SMARTS) is 1. The largest absolute Gasteiger partial charge is 0.479 e. The van der Waals surface area contributed by atoms with Crippen LogP contribution in [0.15, 0.2) is 54.6 Å². The molecule has 0 bridgehead atoms. The van der Waals surface area contributed by atoms with Gasteiger partial charge in [-0.25, -0.2) is 9.78 Å². The Balaban J connectivity index is 1.23. The molecule has 5 rings (SSSR count). The highest BCUT2D eigenvalue weighted by Gasteiger charge is 2.29. The van der Waals surface area contributed by atoms with E-state index < -0.39 is 12.1 Å². The number of hydrogen-bond donors (Lipinski definition) is 4. The lowest BCUT2D eigenvalue weighted by atomic mass is 10.0. The molecule has 210 valence electrons. The lowest BCUT2D eigenvalue weighted by molar-refractivity contribution is -0.156. The number of rotatable bonds is 12. The first-order valence-corrected chi connectivity index (χ1v) is 13.5. The number of carbonyl (C=O) groups is 1. The van der Waals surface area contributed by atoms with Crippen molar-refractivity contribution in [3.63, 3.8) is 0 Å². The molecular weight excluding hydrogens is 536 g/mol. The van der Waals surface area contributed by atoms with Crippen LogP contribution in [0, 0.1) is 0 Å². The number of H-pyrrole nitrogens is 1. The Hall–Kier alpha value is -3.54. The normalized spacial score (nSPS) is 17.2. The Morgan fingerprint density at radius 2 is 1.80 bits per heavy atom. The fourth-order valence-electron chi connectivity index (χ4n) is 4.54. The molecule has 1 aliphatic rings. The number of ether oxygens (including phenoxy) is 3. The van der Waals surface area contributed by atoms with Crippen LogP contribution in [0.25, 0.3) is 33.5 Å². The number of pyridine rings is 1. The van der Waals surface area contributed by atoms with Crippen LogP contribution in [0.3, 0.4) is 0 Å². The second-order valence-corrected chi connectivity index (χ2v) is 9.89. The Bertz CT molecular complexity index is 1430. The monoisotopic (exact) mass is 566 g/mol. The summed E-state index contributed by atoms with van der Waals surface area (Å²) in [5.74, 6) is -0.996. The van der Waals surface area contributed by atoms with E-state index in [1.807, 2.05) is 24.3 Å². The van der Waals surface area contributed by atoms with Gasteiger partial charge in [0.2, 0.25) is 0 Å². The molecule has 0 radical (unpaired) electrons. The van der Waals surface area contributed by atoms with Crippen LogP contribution in [0.4, 0.5) is 0 Å². The molecule has 1 saturated heterocycles. The molecule has 0 saturated carbocycles. The maximum absolute atomic E-state index is 11.2. The number of aromatic amines is 1. The number of fused-ring (bicyclic) bond motifs is 1. The van der Waals surface area contributed by atoms with Crippen LogP contribution in [0.1, 0.15) is 18.4 Å². The van der Waals surface area contributed by atoms with Crippen molar-refractivity contribution < 1.29 is 29.2 Å². The van der Waals surface area contributed by atoms with E-state index >= 15 is 0 Å². The third-order valence-corrected chi connectivity index (χ3v) is 6.92. The molecule has 0 unspecified atom stereocenters. The number of aliphatic hydroxyl groups excluding tert-OH is 1. The second kappa shape index (κ2) is 13.2. The number of aliphatic hydroxyl groups is 1. The topological polar surface area (TPSA) is 139 Å². The number of benzene rings is 2. The predicted octanol–water partition coefficient (Wildman–Crippen LogP) is 4.05. The first-order chi connectivity index (χ1) is 19.5. The van der Waals surface area contributed by atoms with Crippen molar-refractivity contribution >= 4 is 28.7 Å². The highest BCUT2D eigenvalue weighted by molar-refractivity contribution is 6.33. The first-order valence-electron chi connectivity index (χ1n) is 13.2. The van der Waals surface area contributed by atoms with Crippen molar-refractivity contribution in [1.82, 2.24) is 20.3 Å². The Morgan fingerprint density at radius 1 is 1.07 bits per heavy atom. The molecule has 0 spiro atoms. The molecule has 40 heavy (non-hydrogen) atoms. The highest BCUT2D eigenvalue weighted by atomic mass is 35.5. The molecule has 0 aliphatic carbocycles. The van der Waals surface area contributed by atoms with Crippen LogP contribution in [-0.4, -0.2) is 76.3 Å². The van der Waals surface area contributed by atoms with Gasteiger partial charge in [0.15, 0.2) is 11.8 Å². The van der Waals surface area contributed by atoms with Crippen LogP contribution in [-0.2, 0) is 20.8 Å². The Kier molecular flexibility index (Phi) is 9.25. The average molecular weight is 567 g/mol. The van der Waals surface area contributed by atoms with E-state index in [0.29, 0.717) is 48.1 Å². The van der Waals surface area contributed by atoms with E-state index in [2.05, 4.69) is 44.5 Å². The molecule has 2 aromatic carbocycles. The quantitative estimate of drug-likeness (QED) is 0.187. The summed E-state index contributed by atoms with van der Waals surface area (Å²) >= 11 is 6.59. The van der Waals surface area contributed by atoms with E-state index in [1.54, 1.807) is 6.07 Å². The van der Waals surface area contributed by atoms with Crippen molar-refractivity contribution in [2.24, 2.45) is 0 Å². The van der Waals surface area contributed by atoms with E-state index in [0.717, 1.165) is 29.8 Å². The minimum Gasteiger partial charge on any atom is -0.479 e. The maximum atomic E-state index is 11.2. The van der Waals surface area contributed by atoms with Gasteiger partial charge in [0, 0.05) is 31.5 Å². The lowest BCUT2D eigenvalue weighted by Crippen LogP contribution is -2.37. The van der Waals surface area contributed by atoms with Gasteiger partial charge in [0.1, 0.15) is 6.10 Å². The highest BCUT2D eigenvalue weighted by Crippen LogP contribution is 2.31. The van der Waals surface area contributed by atoms with E-state index in [1.165, 1.54) is 5.56 Å². The van der Waals surface area contributed by atoms with E-state index in [-0.39, 0.29) is 25.1 Å². The van der Waals surface area contributed by atoms with Gasteiger partial charge in [-0.3, -0.25) is 0 Å². The zero-order valence-electron chi connectivity index (χ0n) is 21.8. The average Bonchev–Trinajstić information content (AvgIpc) is 3.36. The third kappa shape index (κ3) is 6.96. The number of halogens is 1. The van der Waals surface area contributed by atoms with Crippen molar-refractivity contribution in [2.75, 3.05) is 33.0 Å². The Morgan fingerprint density at radius 3 is 2.52 bits per heavy atom. The molecule has 1 fully saturated rings. The molecule has 0 amide bonds. The number of hydrogen-bond acceptors (Lipinski definition) is 8. The van der Waals surface area contributed by atoms with Crippen molar-refractivity contribution in [2.45, 2.75) is 31.6 Å². The smallest absolute Gasteiger partial charge is 0.332 e. The van der Waals surface area contributed by atoms with Gasteiger partial charge in [-0.15, -0.1) is 0 Å². The second-order valence-electron chi connectivity index (χ2n) is 9.48. The molecule has 4 aromatic rings. The molecule has 2 aromatic heterocycles. The van der Waals surface area contributed by atoms with Gasteiger partial charge >= 0.3 is 5.97 Å². The summed E-state index contributed by atoms with van der Waals surface area (Å²) in [6.45, 7) is 2.75. The lowest BCUT2D eigenvalue weighted by Gasteiger charge is -2.26. The van der Waals surface area contributed by atoms with Crippen molar-refractivity contribution in [1.29, 1.82) is 0 Å². The van der Waals surface area contributed by atoms with Crippen molar-refractivity contribution in [3.05, 3.63) is 65.2 Å². The minimum atomic E-state index is -0.996. The summed E-state index contributed by atoms with van der Waals surface area (Å²) in [7, 11) is 0. The maximum Gasteiger partial charge on any atom is 0.332 e. The fourth-order valence-corrected chi connectivity index (χ4v) is 4.80. The molecule has 4 N–H and O–H groups in total. The summed E-state index contributed by atoms with van der Waals surface area (Å²) < 4.78 is 16.4. The van der Waals surface area contributed by atoms with Crippen LogP contribution >= 0.6 is 11.6 Å². The molecule has 1 aliphatic heterocycles. The zero-order chi connectivity index (χ0) is 27.9. The SMILES string of the molecule is O=C(O)[C@H]1C[C@@H](Oc2nc3nc(-c4ccc(-c5ccc(CNCCOCCO)cc5)cc4)c(Cl)cc3[nH]2)CCO1. The van der Waals surface area contributed by atoms with E-state index in [4.69, 9.17) is 30.9 Å². The third-order valence-electron chi connectivity index (χ3n) is 6.63. The number of nitrogens with one attached hydrogen (secondary N) is 2. The van der Waals surface area contributed by atoms with Gasteiger partial charge < -0.3 is 34.7 Å². The summed E-state index contributed by atoms with van der Waals surface area (Å²) in [5.41, 5.74) is 5.92. The molecule has 3 heterocycles. The predicted molar refractivity (Wildman–Crippen MR) is 150 cm³/mol. The van der Waals surface area contributed by atoms with E-state index in [9.17, 15) is 9.90 Å². The van der Waals surface area contributed by atoms with Crippen molar-refractivity contribution in [3.8, 4) is 28.4 Å². The fraction of sp³-hybridized carbons (Fsp3) is 0.345. The number of aliphatic carboxylic acids is 1. The molecule has 11 heteroatoms. The summed E-state index contributed by atoms with van der Waals surface area (Å²) in [5, 5.41) is 21.7. The number of carboxylic acids is 1. The van der Waals surface area contributed by atoms with Gasteiger partial charge in [-0.2, -0.15) is 4.98 Å². The summed E-state index contributed by atoms with van der Waals surface area (Å²) in [6, 6.07) is 18.4. The standard InChI is InChI=1S/C29H31ClN4O6/c30-23-16-24-27(34-29(32-24)40-22-9-12-39-25(15-22)28(36)37)33-26(23)21-7-5-20(6-8-21)19-3-1-18(2-4-19)17-31-10-13-38-14-11-35/h1-8,16,22,25,31,35H,9-15,17H2,(H,36,37)(H,32,33,34)/t22-,25+/m0/s1. The Labute approximate surface area is 236 Å². The summed E-state index contributed by atoms with van der Waals surface area (Å²) in [6.07, 6.45) is -0.373. The van der Waals surface area contributed by atoms with Gasteiger partial charge in [0.05, 0.1) is 42.7 Å². The van der Waals surface area contributed by atoms with Crippen LogP contribution in [0.2, 0.25) is 5.02 Å².